The normalized spacial score (nSPS) is 12.2. The van der Waals surface area contributed by atoms with Crippen molar-refractivity contribution in [3.8, 4) is 0 Å². The molecule has 0 aliphatic rings. The average molecular weight is 803 g/mol. The van der Waals surface area contributed by atoms with Gasteiger partial charge < -0.3 is 9.80 Å². The van der Waals surface area contributed by atoms with E-state index in [1.54, 1.807) is 0 Å². The Morgan fingerprint density at radius 2 is 0.565 bits per heavy atom. The van der Waals surface area contributed by atoms with Crippen LogP contribution in [0.1, 0.15) is 63.8 Å². The van der Waals surface area contributed by atoms with E-state index in [9.17, 15) is 0 Å². The fraction of sp³-hybridized carbons (Fsp3) is 0.167. The van der Waals surface area contributed by atoms with Crippen LogP contribution in [0.2, 0.25) is 0 Å². The summed E-state index contributed by atoms with van der Waals surface area (Å²) >= 11 is 0. The summed E-state index contributed by atoms with van der Waals surface area (Å²) in [5, 5.41) is 12.4. The van der Waals surface area contributed by atoms with Gasteiger partial charge in [-0.15, -0.1) is 0 Å². The van der Waals surface area contributed by atoms with Crippen molar-refractivity contribution in [2.45, 2.75) is 66.2 Å². The molecule has 0 heterocycles. The van der Waals surface area contributed by atoms with Crippen molar-refractivity contribution in [3.63, 3.8) is 0 Å². The van der Waals surface area contributed by atoms with Crippen LogP contribution in [0.25, 0.3) is 53.9 Å². The number of hydrogen-bond donors (Lipinski definition) is 0. The van der Waals surface area contributed by atoms with E-state index in [4.69, 9.17) is 0 Å². The Balaban J connectivity index is 1.31. The van der Waals surface area contributed by atoms with Gasteiger partial charge in [0.1, 0.15) is 0 Å². The Kier molecular flexibility index (Phi) is 9.45. The lowest BCUT2D eigenvalue weighted by Crippen LogP contribution is -2.13. The van der Waals surface area contributed by atoms with Crippen LogP contribution < -0.4 is 9.80 Å². The molecule has 0 fully saturated rings. The van der Waals surface area contributed by atoms with Crippen molar-refractivity contribution in [2.24, 2.45) is 0 Å². The third kappa shape index (κ3) is 6.75. The smallest absolute Gasteiger partial charge is 0.0546 e. The molecule has 0 aliphatic carbocycles. The van der Waals surface area contributed by atoms with Gasteiger partial charge in [-0.3, -0.25) is 0 Å². The summed E-state index contributed by atoms with van der Waals surface area (Å²) < 4.78 is 0. The van der Waals surface area contributed by atoms with Gasteiger partial charge in [0.2, 0.25) is 0 Å². The molecule has 304 valence electrons. The van der Waals surface area contributed by atoms with E-state index in [2.05, 4.69) is 247 Å². The van der Waals surface area contributed by atoms with Gasteiger partial charge in [-0.1, -0.05) is 174 Å². The first-order valence-corrected chi connectivity index (χ1v) is 22.0. The van der Waals surface area contributed by atoms with E-state index in [-0.39, 0.29) is 10.8 Å². The maximum absolute atomic E-state index is 2.47. The largest absolute Gasteiger partial charge is 0.310 e. The van der Waals surface area contributed by atoms with Crippen molar-refractivity contribution in [3.05, 3.63) is 204 Å². The molecule has 0 atom stereocenters. The Labute approximate surface area is 366 Å². The predicted octanol–water partition coefficient (Wildman–Crippen LogP) is 17.6. The molecule has 0 radical (unpaired) electrons. The number of benzene rings is 10. The molecule has 0 aliphatic heterocycles. The number of hydrogen-bond acceptors (Lipinski definition) is 2. The van der Waals surface area contributed by atoms with Gasteiger partial charge >= 0.3 is 0 Å². The van der Waals surface area contributed by atoms with Gasteiger partial charge in [0.25, 0.3) is 0 Å². The lowest BCUT2D eigenvalue weighted by atomic mass is 9.86. The first kappa shape index (κ1) is 39.2. The van der Waals surface area contributed by atoms with E-state index in [0.717, 1.165) is 34.1 Å². The lowest BCUT2D eigenvalue weighted by Gasteiger charge is -2.30. The molecule has 0 unspecified atom stereocenters. The topological polar surface area (TPSA) is 6.48 Å². The molecular formula is C60H54N2. The van der Waals surface area contributed by atoms with E-state index in [0.29, 0.717) is 0 Å². The highest BCUT2D eigenvalue weighted by Gasteiger charge is 2.25. The maximum atomic E-state index is 2.47. The molecule has 2 nitrogen and oxygen atoms in total. The zero-order valence-corrected chi connectivity index (χ0v) is 37.2. The molecule has 10 aromatic carbocycles. The number of rotatable bonds is 6. The molecule has 0 N–H and O–H groups in total. The zero-order chi connectivity index (χ0) is 42.9. The van der Waals surface area contributed by atoms with Gasteiger partial charge in [-0.25, -0.2) is 0 Å². The molecular weight excluding hydrogens is 749 g/mol. The Bertz CT molecular complexity index is 3060. The molecule has 10 rings (SSSR count). The van der Waals surface area contributed by atoms with Crippen LogP contribution in [-0.2, 0) is 10.8 Å². The standard InChI is InChI=1S/C60H54N2/c1-39-21-29-43(30-22-39)61(45-33-25-41(26-34-45)59(3,4)5)55-37-53-47-15-9-10-16-48(47)54-38-56(50-18-12-14-20-52(50)58(54)57(53)51-19-13-11-17-49(51)55)62(44-31-23-40(2)24-32-44)46-35-27-42(28-36-46)60(6,7)8/h9-38H,1-8H3. The number of aryl methyl sites for hydroxylation is 2. The highest BCUT2D eigenvalue weighted by atomic mass is 15.1. The van der Waals surface area contributed by atoms with Crippen molar-refractivity contribution in [2.75, 3.05) is 9.80 Å². The summed E-state index contributed by atoms with van der Waals surface area (Å²) in [4.78, 5) is 4.91. The maximum Gasteiger partial charge on any atom is 0.0546 e. The van der Waals surface area contributed by atoms with Crippen LogP contribution in [0.4, 0.5) is 34.1 Å². The minimum Gasteiger partial charge on any atom is -0.310 e. The van der Waals surface area contributed by atoms with E-state index >= 15 is 0 Å². The van der Waals surface area contributed by atoms with E-state index in [1.807, 2.05) is 0 Å². The predicted molar refractivity (Wildman–Crippen MR) is 270 cm³/mol. The van der Waals surface area contributed by atoms with Gasteiger partial charge in [-0.05, 0) is 140 Å². The molecule has 2 heteroatoms. The molecule has 0 amide bonds. The molecule has 62 heavy (non-hydrogen) atoms. The summed E-state index contributed by atoms with van der Waals surface area (Å²) in [6.07, 6.45) is 0. The Hall–Kier alpha value is -6.90. The van der Waals surface area contributed by atoms with Gasteiger partial charge in [-0.2, -0.15) is 0 Å². The second kappa shape index (κ2) is 14.9. The van der Waals surface area contributed by atoms with Crippen LogP contribution >= 0.6 is 0 Å². The van der Waals surface area contributed by atoms with Crippen LogP contribution in [0.15, 0.2) is 182 Å². The highest BCUT2D eigenvalue weighted by Crippen LogP contribution is 2.50. The van der Waals surface area contributed by atoms with Crippen molar-refractivity contribution in [1.82, 2.24) is 0 Å². The Morgan fingerprint density at radius 1 is 0.290 bits per heavy atom. The number of fused-ring (bicyclic) bond motifs is 10. The second-order valence-corrected chi connectivity index (χ2v) is 19.2. The molecule has 0 saturated heterocycles. The molecule has 0 saturated carbocycles. The van der Waals surface area contributed by atoms with E-state index in [1.165, 1.54) is 76.1 Å². The number of nitrogens with zero attached hydrogens (tertiary/aromatic N) is 2. The van der Waals surface area contributed by atoms with Crippen LogP contribution in [0.5, 0.6) is 0 Å². The lowest BCUT2D eigenvalue weighted by molar-refractivity contribution is 0.590. The van der Waals surface area contributed by atoms with Crippen molar-refractivity contribution in [1.29, 1.82) is 0 Å². The summed E-state index contributed by atoms with van der Waals surface area (Å²) in [6, 6.07) is 68.4. The summed E-state index contributed by atoms with van der Waals surface area (Å²) in [5.74, 6) is 0. The third-order valence-electron chi connectivity index (χ3n) is 12.9. The first-order chi connectivity index (χ1) is 29.8. The molecule has 0 bridgehead atoms. The number of anilines is 6. The van der Waals surface area contributed by atoms with Gasteiger partial charge in [0.05, 0.1) is 11.4 Å². The fourth-order valence-electron chi connectivity index (χ4n) is 9.46. The zero-order valence-electron chi connectivity index (χ0n) is 37.2. The SMILES string of the molecule is Cc1ccc(N(c2ccc(C(C)(C)C)cc2)c2cc3c4ccccc4c4cc(N(c5ccc(C)cc5)c5ccc(C(C)(C)C)cc5)c5ccccc5c4c3c3ccccc23)cc1. The van der Waals surface area contributed by atoms with Gasteiger partial charge in [0, 0.05) is 33.5 Å². The minimum atomic E-state index is 0.0551. The Morgan fingerprint density at radius 3 is 0.871 bits per heavy atom. The first-order valence-electron chi connectivity index (χ1n) is 22.0. The quantitative estimate of drug-likeness (QED) is 0.155. The fourth-order valence-corrected chi connectivity index (χ4v) is 9.46. The van der Waals surface area contributed by atoms with Crippen LogP contribution in [0.3, 0.4) is 0 Å². The highest BCUT2D eigenvalue weighted by molar-refractivity contribution is 6.38. The van der Waals surface area contributed by atoms with Crippen molar-refractivity contribution < 1.29 is 0 Å². The third-order valence-corrected chi connectivity index (χ3v) is 12.9. The van der Waals surface area contributed by atoms with Crippen LogP contribution in [0, 0.1) is 13.8 Å². The molecule has 10 aromatic rings. The molecule has 0 aromatic heterocycles. The van der Waals surface area contributed by atoms with Crippen LogP contribution in [-0.4, -0.2) is 0 Å². The summed E-state index contributed by atoms with van der Waals surface area (Å²) in [6.45, 7) is 18.0. The average Bonchev–Trinajstić information content (AvgIpc) is 3.27. The summed E-state index contributed by atoms with van der Waals surface area (Å²) in [7, 11) is 0. The minimum absolute atomic E-state index is 0.0551. The monoisotopic (exact) mass is 802 g/mol. The second-order valence-electron chi connectivity index (χ2n) is 19.2. The summed E-state index contributed by atoms with van der Waals surface area (Å²) in [5.41, 5.74) is 12.1. The van der Waals surface area contributed by atoms with Crippen molar-refractivity contribution >= 4 is 88.0 Å². The molecule has 0 spiro atoms. The van der Waals surface area contributed by atoms with Gasteiger partial charge in [0.15, 0.2) is 0 Å². The van der Waals surface area contributed by atoms with E-state index < -0.39 is 0 Å².